The maximum atomic E-state index is 12.2. The molecule has 3 rings (SSSR count). The Labute approximate surface area is 241 Å². The number of rotatable bonds is 15. The number of allylic oxidation sites excluding steroid dienone is 2. The van der Waals surface area contributed by atoms with Gasteiger partial charge < -0.3 is 28.8 Å². The maximum Gasteiger partial charge on any atom is 0.304 e. The number of hydrogen-bond acceptors (Lipinski definition) is 6. The summed E-state index contributed by atoms with van der Waals surface area (Å²) in [6.45, 7) is 13.6. The van der Waals surface area contributed by atoms with Gasteiger partial charge in [-0.25, -0.2) is 0 Å². The molecule has 0 spiro atoms. The first-order chi connectivity index (χ1) is 18.9. The highest BCUT2D eigenvalue weighted by atomic mass is 28.4. The Hall–Kier alpha value is -2.13. The van der Waals surface area contributed by atoms with E-state index in [4.69, 9.17) is 18.6 Å². The first kappa shape index (κ1) is 32.4. The van der Waals surface area contributed by atoms with Crippen molar-refractivity contribution >= 4 is 14.3 Å². The minimum Gasteiger partial charge on any atom is -0.491 e. The molecule has 8 heteroatoms. The van der Waals surface area contributed by atoms with Crippen LogP contribution in [0.4, 0.5) is 0 Å². The quantitative estimate of drug-likeness (QED) is 0.216. The lowest BCUT2D eigenvalue weighted by Gasteiger charge is -2.41. The minimum atomic E-state index is -2.12. The zero-order chi connectivity index (χ0) is 29.4. The Kier molecular flexibility index (Phi) is 11.5. The summed E-state index contributed by atoms with van der Waals surface area (Å²) in [6, 6.07) is 9.74. The number of benzene rings is 1. The second kappa shape index (κ2) is 14.2. The van der Waals surface area contributed by atoms with Crippen molar-refractivity contribution in [2.45, 2.75) is 115 Å². The van der Waals surface area contributed by atoms with Crippen molar-refractivity contribution in [3.05, 3.63) is 54.8 Å². The van der Waals surface area contributed by atoms with Gasteiger partial charge in [0.15, 0.2) is 8.32 Å². The van der Waals surface area contributed by atoms with Crippen molar-refractivity contribution < 1.29 is 33.6 Å². The van der Waals surface area contributed by atoms with E-state index >= 15 is 0 Å². The fourth-order valence-corrected chi connectivity index (χ4v) is 7.17. The van der Waals surface area contributed by atoms with E-state index in [2.05, 4.69) is 40.8 Å². The average molecular weight is 575 g/mol. The summed E-state index contributed by atoms with van der Waals surface area (Å²) in [7, 11) is -2.12. The second-order valence-corrected chi connectivity index (χ2v) is 17.6. The molecule has 0 bridgehead atoms. The summed E-state index contributed by atoms with van der Waals surface area (Å²) in [5, 5.41) is 21.4. The zero-order valence-corrected chi connectivity index (χ0v) is 26.2. The molecule has 6 atom stereocenters. The Morgan fingerprint density at radius 1 is 1.20 bits per heavy atom. The summed E-state index contributed by atoms with van der Waals surface area (Å²) >= 11 is 0. The van der Waals surface area contributed by atoms with Gasteiger partial charge in [-0.05, 0) is 67.6 Å². The first-order valence-electron chi connectivity index (χ1n) is 14.8. The summed E-state index contributed by atoms with van der Waals surface area (Å²) in [4.78, 5) is 12.2. The highest BCUT2D eigenvalue weighted by Gasteiger charge is 2.56. The largest absolute Gasteiger partial charge is 0.491 e. The molecule has 0 radical (unpaired) electrons. The minimum absolute atomic E-state index is 0.0273. The van der Waals surface area contributed by atoms with Gasteiger partial charge in [-0.1, -0.05) is 64.8 Å². The lowest BCUT2D eigenvalue weighted by molar-refractivity contribution is -0.147. The molecular formula is C32H50O7Si. The number of ether oxygens (including phenoxy) is 3. The molecule has 2 unspecified atom stereocenters. The molecule has 1 aliphatic heterocycles. The van der Waals surface area contributed by atoms with E-state index in [1.54, 1.807) is 12.3 Å². The van der Waals surface area contributed by atoms with Gasteiger partial charge in [0.1, 0.15) is 12.4 Å². The van der Waals surface area contributed by atoms with Gasteiger partial charge >= 0.3 is 5.97 Å². The van der Waals surface area contributed by atoms with Crippen LogP contribution in [0.15, 0.2) is 54.8 Å². The van der Waals surface area contributed by atoms with Crippen LogP contribution in [-0.4, -0.2) is 55.7 Å². The van der Waals surface area contributed by atoms with Crippen molar-refractivity contribution in [3.63, 3.8) is 0 Å². The van der Waals surface area contributed by atoms with Crippen LogP contribution in [0, 0.1) is 11.3 Å². The molecule has 1 aromatic rings. The molecule has 1 saturated carbocycles. The van der Waals surface area contributed by atoms with Gasteiger partial charge in [0.25, 0.3) is 0 Å². The molecule has 0 aromatic heterocycles. The van der Waals surface area contributed by atoms with Crippen LogP contribution in [0.3, 0.4) is 0 Å². The van der Waals surface area contributed by atoms with E-state index in [1.807, 2.05) is 42.5 Å². The van der Waals surface area contributed by atoms with Crippen LogP contribution in [0.25, 0.3) is 0 Å². The predicted octanol–water partition coefficient (Wildman–Crippen LogP) is 7.08. The van der Waals surface area contributed by atoms with Crippen molar-refractivity contribution in [2.24, 2.45) is 11.3 Å². The topological polar surface area (TPSA) is 94.5 Å². The number of para-hydroxylation sites is 1. The number of hydrogen-bond donors (Lipinski definition) is 2. The van der Waals surface area contributed by atoms with Gasteiger partial charge in [0.05, 0.1) is 31.0 Å². The normalized spacial score (nSPS) is 27.4. The zero-order valence-electron chi connectivity index (χ0n) is 25.2. The van der Waals surface area contributed by atoms with E-state index in [0.29, 0.717) is 32.3 Å². The smallest absolute Gasteiger partial charge is 0.304 e. The Bertz CT molecular complexity index is 987. The van der Waals surface area contributed by atoms with Gasteiger partial charge in [0.2, 0.25) is 6.29 Å². The van der Waals surface area contributed by atoms with E-state index < -0.39 is 32.1 Å². The fraction of sp³-hybridized carbons (Fsp3) is 0.656. The Morgan fingerprint density at radius 2 is 1.93 bits per heavy atom. The number of carboxylic acids is 1. The number of aliphatic hydroxyl groups excluding tert-OH is 1. The highest BCUT2D eigenvalue weighted by Crippen LogP contribution is 2.53. The monoisotopic (exact) mass is 574 g/mol. The van der Waals surface area contributed by atoms with Crippen LogP contribution in [0.2, 0.25) is 18.1 Å². The highest BCUT2D eigenvalue weighted by molar-refractivity contribution is 6.74. The van der Waals surface area contributed by atoms with Crippen molar-refractivity contribution in [1.29, 1.82) is 0 Å². The lowest BCUT2D eigenvalue weighted by atomic mass is 9.68. The maximum absolute atomic E-state index is 12.2. The van der Waals surface area contributed by atoms with Crippen molar-refractivity contribution in [1.82, 2.24) is 0 Å². The van der Waals surface area contributed by atoms with Crippen LogP contribution in [-0.2, 0) is 18.7 Å². The Morgan fingerprint density at radius 3 is 2.52 bits per heavy atom. The van der Waals surface area contributed by atoms with Crippen LogP contribution in [0.5, 0.6) is 5.75 Å². The van der Waals surface area contributed by atoms with E-state index in [9.17, 15) is 15.0 Å². The molecule has 40 heavy (non-hydrogen) atoms. The number of carboxylic acid groups (broad SMARTS) is 1. The molecule has 1 heterocycles. The van der Waals surface area contributed by atoms with E-state index in [1.165, 1.54) is 0 Å². The molecule has 1 fully saturated rings. The third-order valence-corrected chi connectivity index (χ3v) is 13.5. The molecule has 0 saturated heterocycles. The van der Waals surface area contributed by atoms with Gasteiger partial charge in [-0.3, -0.25) is 4.79 Å². The number of aliphatic hydroxyl groups is 1. The van der Waals surface area contributed by atoms with Crippen molar-refractivity contribution in [3.8, 4) is 5.75 Å². The van der Waals surface area contributed by atoms with Gasteiger partial charge in [-0.15, -0.1) is 0 Å². The van der Waals surface area contributed by atoms with Gasteiger partial charge in [-0.2, -0.15) is 0 Å². The molecule has 0 amide bonds. The SMILES string of the molecule is CCCCC1(CC(=O)O)[C@H](CCC(COc2ccccc2)O[Si](C)(C)C(C)(C)C)[C@H](O[C@@H]2C=CC=CO2)C[C@@H]1O. The van der Waals surface area contributed by atoms with Crippen LogP contribution < -0.4 is 4.74 Å². The second-order valence-electron chi connectivity index (χ2n) is 12.9. The number of unbranched alkanes of at least 4 members (excludes halogenated alkanes) is 1. The fourth-order valence-electron chi connectivity index (χ4n) is 5.80. The first-order valence-corrected chi connectivity index (χ1v) is 17.7. The summed E-state index contributed by atoms with van der Waals surface area (Å²) in [5.74, 6) is -0.268. The Balaban J connectivity index is 1.87. The van der Waals surface area contributed by atoms with E-state index in [0.717, 1.165) is 18.6 Å². The average Bonchev–Trinajstić information content (AvgIpc) is 3.14. The van der Waals surface area contributed by atoms with Crippen LogP contribution in [0.1, 0.15) is 72.6 Å². The summed E-state index contributed by atoms with van der Waals surface area (Å²) in [6.07, 6.45) is 9.29. The molecule has 2 N–H and O–H groups in total. The van der Waals surface area contributed by atoms with Crippen molar-refractivity contribution in [2.75, 3.05) is 6.61 Å². The van der Waals surface area contributed by atoms with Gasteiger partial charge in [0, 0.05) is 11.8 Å². The van der Waals surface area contributed by atoms with E-state index in [-0.39, 0.29) is 29.6 Å². The summed E-state index contributed by atoms with van der Waals surface area (Å²) < 4.78 is 25.1. The molecule has 7 nitrogen and oxygen atoms in total. The third kappa shape index (κ3) is 8.44. The van der Waals surface area contributed by atoms with Crippen LogP contribution >= 0.6 is 0 Å². The molecule has 1 aromatic carbocycles. The molecule has 1 aliphatic carbocycles. The summed E-state index contributed by atoms with van der Waals surface area (Å²) in [5.41, 5.74) is -0.775. The molecule has 224 valence electrons. The molecule has 2 aliphatic rings. The number of aliphatic carboxylic acids is 1. The number of carbonyl (C=O) groups is 1. The third-order valence-electron chi connectivity index (χ3n) is 9.01. The predicted molar refractivity (Wildman–Crippen MR) is 160 cm³/mol. The standard InChI is InChI=1S/C32H50O7Si/c1-7-8-19-32(22-29(34)35)26(27(21-28(32)33)38-30-16-12-13-20-36-30)18-17-25(39-40(5,6)31(2,3)4)23-37-24-14-10-9-11-15-24/h9-16,20,25-28,30,33H,7-8,17-19,21-23H2,1-6H3,(H,34,35)/t25?,26-,27-,28+,30-,32?/m1/s1. The molecular weight excluding hydrogens is 524 g/mol. The lowest BCUT2D eigenvalue weighted by Crippen LogP contribution is -2.46.